The minimum atomic E-state index is 0.282. The molecule has 8 heteroatoms. The zero-order valence-electron chi connectivity index (χ0n) is 22.8. The number of hydrogen-bond acceptors (Lipinski definition) is 6. The summed E-state index contributed by atoms with van der Waals surface area (Å²) in [5, 5.41) is 7.30. The second-order valence-corrected chi connectivity index (χ2v) is 11.6. The number of amides is 1. The molecule has 2 N–H and O–H groups in total. The Labute approximate surface area is 228 Å². The van der Waals surface area contributed by atoms with Gasteiger partial charge in [-0.25, -0.2) is 4.98 Å². The molecule has 1 saturated heterocycles. The molecular formula is C29H45ClN6O. The SMILES string of the molecule is CC1=NCCC(C2CCCCC(C)CC2)C=C1Nc1ncc(Cl)c(NCCCN2CCCCCC2=O)n1. The van der Waals surface area contributed by atoms with Gasteiger partial charge >= 0.3 is 0 Å². The number of rotatable bonds is 8. The lowest BCUT2D eigenvalue weighted by Crippen LogP contribution is -2.32. The maximum Gasteiger partial charge on any atom is 0.229 e. The summed E-state index contributed by atoms with van der Waals surface area (Å²) >= 11 is 6.41. The van der Waals surface area contributed by atoms with Gasteiger partial charge in [-0.15, -0.1) is 0 Å². The van der Waals surface area contributed by atoms with Crippen LogP contribution in [-0.4, -0.2) is 52.7 Å². The zero-order valence-corrected chi connectivity index (χ0v) is 23.5. The van der Waals surface area contributed by atoms with Crippen LogP contribution in [0.15, 0.2) is 23.0 Å². The highest BCUT2D eigenvalue weighted by atomic mass is 35.5. The summed E-state index contributed by atoms with van der Waals surface area (Å²) in [7, 11) is 0. The molecule has 2 fully saturated rings. The van der Waals surface area contributed by atoms with Crippen LogP contribution in [0.25, 0.3) is 0 Å². The van der Waals surface area contributed by atoms with Crippen molar-refractivity contribution in [3.63, 3.8) is 0 Å². The van der Waals surface area contributed by atoms with E-state index in [-0.39, 0.29) is 5.91 Å². The largest absolute Gasteiger partial charge is 0.369 e. The Morgan fingerprint density at radius 3 is 2.84 bits per heavy atom. The van der Waals surface area contributed by atoms with Crippen molar-refractivity contribution < 1.29 is 4.79 Å². The second-order valence-electron chi connectivity index (χ2n) is 11.2. The van der Waals surface area contributed by atoms with E-state index in [0.29, 0.717) is 35.7 Å². The average molecular weight is 529 g/mol. The first kappa shape index (κ1) is 27.9. The number of anilines is 2. The predicted octanol–water partition coefficient (Wildman–Crippen LogP) is 6.72. The van der Waals surface area contributed by atoms with Crippen molar-refractivity contribution in [2.24, 2.45) is 22.7 Å². The molecule has 1 aliphatic carbocycles. The van der Waals surface area contributed by atoms with Gasteiger partial charge in [0.25, 0.3) is 0 Å². The predicted molar refractivity (Wildman–Crippen MR) is 153 cm³/mol. The van der Waals surface area contributed by atoms with Gasteiger partial charge in [0, 0.05) is 32.6 Å². The molecule has 2 aliphatic heterocycles. The molecule has 0 spiro atoms. The molecule has 37 heavy (non-hydrogen) atoms. The van der Waals surface area contributed by atoms with Gasteiger partial charge in [0.05, 0.1) is 17.6 Å². The highest BCUT2D eigenvalue weighted by molar-refractivity contribution is 6.32. The van der Waals surface area contributed by atoms with E-state index < -0.39 is 0 Å². The Morgan fingerprint density at radius 2 is 1.95 bits per heavy atom. The van der Waals surface area contributed by atoms with Crippen molar-refractivity contribution in [3.05, 3.63) is 23.0 Å². The third kappa shape index (κ3) is 8.42. The summed E-state index contributed by atoms with van der Waals surface area (Å²) in [5.41, 5.74) is 2.03. The summed E-state index contributed by atoms with van der Waals surface area (Å²) in [6.45, 7) is 7.69. The normalized spacial score (nSPS) is 25.8. The smallest absolute Gasteiger partial charge is 0.229 e. The number of likely N-dealkylation sites (tertiary alicyclic amines) is 1. The highest BCUT2D eigenvalue weighted by Crippen LogP contribution is 2.34. The Morgan fingerprint density at radius 1 is 1.08 bits per heavy atom. The first-order valence-electron chi connectivity index (χ1n) is 14.5. The van der Waals surface area contributed by atoms with Crippen molar-refractivity contribution in [3.8, 4) is 0 Å². The van der Waals surface area contributed by atoms with Gasteiger partial charge in [-0.05, 0) is 63.2 Å². The molecule has 3 atom stereocenters. The van der Waals surface area contributed by atoms with E-state index >= 15 is 0 Å². The highest BCUT2D eigenvalue weighted by Gasteiger charge is 2.25. The van der Waals surface area contributed by atoms with Crippen molar-refractivity contribution in [1.29, 1.82) is 0 Å². The molecule has 204 valence electrons. The Hall–Kier alpha value is -2.15. The van der Waals surface area contributed by atoms with Crippen LogP contribution in [-0.2, 0) is 4.79 Å². The molecule has 3 unspecified atom stereocenters. The number of nitrogens with one attached hydrogen (secondary N) is 2. The van der Waals surface area contributed by atoms with Gasteiger partial charge in [0.2, 0.25) is 11.9 Å². The van der Waals surface area contributed by atoms with E-state index in [1.165, 1.54) is 38.5 Å². The van der Waals surface area contributed by atoms with Crippen LogP contribution in [0.4, 0.5) is 11.8 Å². The van der Waals surface area contributed by atoms with Gasteiger partial charge < -0.3 is 15.5 Å². The van der Waals surface area contributed by atoms with E-state index in [2.05, 4.69) is 40.5 Å². The summed E-state index contributed by atoms with van der Waals surface area (Å²) in [6, 6.07) is 0. The van der Waals surface area contributed by atoms with Crippen molar-refractivity contribution in [2.75, 3.05) is 36.8 Å². The number of halogens is 1. The quantitative estimate of drug-likeness (QED) is 0.366. The lowest BCUT2D eigenvalue weighted by Gasteiger charge is -2.28. The van der Waals surface area contributed by atoms with Crippen molar-refractivity contribution in [1.82, 2.24) is 14.9 Å². The van der Waals surface area contributed by atoms with E-state index in [9.17, 15) is 4.79 Å². The van der Waals surface area contributed by atoms with Crippen molar-refractivity contribution in [2.45, 2.75) is 90.9 Å². The molecule has 4 rings (SSSR count). The number of carbonyl (C=O) groups excluding carboxylic acids is 1. The lowest BCUT2D eigenvalue weighted by atomic mass is 9.78. The second kappa shape index (κ2) is 14.1. The molecule has 1 saturated carbocycles. The Balaban J connectivity index is 1.37. The van der Waals surface area contributed by atoms with E-state index in [0.717, 1.165) is 75.0 Å². The minimum absolute atomic E-state index is 0.282. The fraction of sp³-hybridized carbons (Fsp3) is 0.724. The molecule has 3 heterocycles. The summed E-state index contributed by atoms with van der Waals surface area (Å²) in [6.07, 6.45) is 18.0. The van der Waals surface area contributed by atoms with E-state index in [1.54, 1.807) is 6.20 Å². The first-order valence-corrected chi connectivity index (χ1v) is 14.9. The van der Waals surface area contributed by atoms with Gasteiger partial charge in [-0.1, -0.05) is 56.7 Å². The topological polar surface area (TPSA) is 82.5 Å². The molecule has 1 aromatic heterocycles. The molecule has 0 radical (unpaired) electrons. The molecular weight excluding hydrogens is 484 g/mol. The van der Waals surface area contributed by atoms with Crippen LogP contribution in [0, 0.1) is 17.8 Å². The zero-order chi connectivity index (χ0) is 26.0. The first-order chi connectivity index (χ1) is 18.0. The van der Waals surface area contributed by atoms with Crippen LogP contribution in [0.5, 0.6) is 0 Å². The summed E-state index contributed by atoms with van der Waals surface area (Å²) in [5.74, 6) is 3.52. The molecule has 1 amide bonds. The maximum absolute atomic E-state index is 12.2. The summed E-state index contributed by atoms with van der Waals surface area (Å²) in [4.78, 5) is 28.2. The minimum Gasteiger partial charge on any atom is -0.369 e. The average Bonchev–Trinajstić information content (AvgIpc) is 3.19. The third-order valence-electron chi connectivity index (χ3n) is 8.30. The van der Waals surface area contributed by atoms with E-state index in [1.807, 2.05) is 4.90 Å². The van der Waals surface area contributed by atoms with Gasteiger partial charge in [-0.3, -0.25) is 9.79 Å². The molecule has 3 aliphatic rings. The monoisotopic (exact) mass is 528 g/mol. The van der Waals surface area contributed by atoms with Gasteiger partial charge in [0.1, 0.15) is 10.8 Å². The Kier molecular flexibility index (Phi) is 10.6. The number of nitrogens with zero attached hydrogens (tertiary/aromatic N) is 4. The standard InChI is InChI=1S/C29H45ClN6O/c1-21-9-5-6-10-23(13-12-21)24-14-16-31-22(2)26(19-24)34-29-33-20-25(30)28(35-29)32-15-8-18-36-17-7-3-4-11-27(36)37/h19-21,23-24H,3-18H2,1-2H3,(H2,32,33,34,35). The Bertz CT molecular complexity index is 964. The van der Waals surface area contributed by atoms with Crippen LogP contribution in [0.1, 0.15) is 90.9 Å². The number of aliphatic imine (C=N–C) groups is 1. The fourth-order valence-corrected chi connectivity index (χ4v) is 6.08. The molecule has 7 nitrogen and oxygen atoms in total. The number of hydrogen-bond donors (Lipinski definition) is 2. The molecule has 0 bridgehead atoms. The van der Waals surface area contributed by atoms with Crippen LogP contribution < -0.4 is 10.6 Å². The maximum atomic E-state index is 12.2. The van der Waals surface area contributed by atoms with Crippen LogP contribution in [0.2, 0.25) is 5.02 Å². The number of aromatic nitrogens is 2. The van der Waals surface area contributed by atoms with Gasteiger partial charge in [0.15, 0.2) is 0 Å². The lowest BCUT2D eigenvalue weighted by molar-refractivity contribution is -0.130. The van der Waals surface area contributed by atoms with Crippen LogP contribution >= 0.6 is 11.6 Å². The van der Waals surface area contributed by atoms with E-state index in [4.69, 9.17) is 16.6 Å². The summed E-state index contributed by atoms with van der Waals surface area (Å²) < 4.78 is 0. The number of carbonyl (C=O) groups is 1. The number of allylic oxidation sites excluding steroid dienone is 2. The fourth-order valence-electron chi connectivity index (χ4n) is 5.93. The van der Waals surface area contributed by atoms with Gasteiger partial charge in [-0.2, -0.15) is 4.98 Å². The molecule has 1 aromatic rings. The van der Waals surface area contributed by atoms with Crippen LogP contribution in [0.3, 0.4) is 0 Å². The van der Waals surface area contributed by atoms with Crippen molar-refractivity contribution >= 4 is 35.0 Å². The molecule has 0 aromatic carbocycles. The third-order valence-corrected chi connectivity index (χ3v) is 8.58.